The average Bonchev–Trinajstić information content (AvgIpc) is 2.95. The van der Waals surface area contributed by atoms with E-state index in [0.717, 1.165) is 32.5 Å². The van der Waals surface area contributed by atoms with E-state index in [1.54, 1.807) is 13.8 Å². The van der Waals surface area contributed by atoms with Crippen LogP contribution in [0, 0.1) is 25.2 Å². The molecule has 0 amide bonds. The monoisotopic (exact) mass is 306 g/mol. The van der Waals surface area contributed by atoms with Crippen LogP contribution >= 0.6 is 0 Å². The molecule has 0 radical (unpaired) electrons. The van der Waals surface area contributed by atoms with Crippen molar-refractivity contribution in [1.82, 2.24) is 0 Å². The van der Waals surface area contributed by atoms with E-state index in [0.29, 0.717) is 12.5 Å². The summed E-state index contributed by atoms with van der Waals surface area (Å²) >= 11 is 0. The second-order valence-electron chi connectivity index (χ2n) is 4.73. The van der Waals surface area contributed by atoms with E-state index < -0.39 is 0 Å². The number of aliphatic hydroxyl groups is 1. The predicted octanol–water partition coefficient (Wildman–Crippen LogP) is 2.59. The minimum atomic E-state index is -0.250. The average molecular weight is 308 g/mol. The zero-order valence-electron chi connectivity index (χ0n) is 11.9. The normalized spacial score (nSPS) is 34.2. The molecule has 1 N–H and O–H groups in total. The van der Waals surface area contributed by atoms with Crippen molar-refractivity contribution in [3.05, 3.63) is 13.8 Å². The Kier molecular flexibility index (Phi) is 8.16. The van der Waals surface area contributed by atoms with Crippen LogP contribution in [0.5, 0.6) is 0 Å². The van der Waals surface area contributed by atoms with Gasteiger partial charge in [-0.15, -0.1) is 0 Å². The number of ether oxygens (including phenoxy) is 2. The molecule has 0 aromatic heterocycles. The fourth-order valence-corrected chi connectivity index (χ4v) is 2.98. The van der Waals surface area contributed by atoms with Crippen LogP contribution in [0.4, 0.5) is 0 Å². The maximum atomic E-state index is 9.24. The van der Waals surface area contributed by atoms with Gasteiger partial charge < -0.3 is 28.4 Å². The summed E-state index contributed by atoms with van der Waals surface area (Å²) in [6.07, 6.45) is 4.24. The Hall–Kier alpha value is 0.503. The van der Waals surface area contributed by atoms with E-state index in [-0.39, 0.29) is 30.7 Å². The third kappa shape index (κ3) is 3.53. The van der Waals surface area contributed by atoms with Crippen LogP contribution in [0.1, 0.15) is 39.5 Å². The molecule has 3 nitrogen and oxygen atoms in total. The van der Waals surface area contributed by atoms with E-state index >= 15 is 0 Å². The van der Waals surface area contributed by atoms with E-state index in [4.69, 9.17) is 9.47 Å². The van der Waals surface area contributed by atoms with Crippen molar-refractivity contribution in [2.24, 2.45) is 11.3 Å². The largest absolute Gasteiger partial charge is 2.00 e. The molecule has 18 heavy (non-hydrogen) atoms. The number of rotatable bonds is 1. The molecule has 2 atom stereocenters. The van der Waals surface area contributed by atoms with Crippen LogP contribution < -0.4 is 0 Å². The molecular formula is C14H26O3Zn. The molecule has 1 saturated heterocycles. The maximum Gasteiger partial charge on any atom is 2.00 e. The standard InChI is InChI=1S/C10H16O3.2C2H5.Zn/c11-7-9-1-2-10(6-8(9)5-9)12-3-4-13-10;2*1-2;/h8,11H,1-7H2;2*1H2,2H3;/q;2*-1;+2. The van der Waals surface area contributed by atoms with Crippen LogP contribution in [-0.2, 0) is 29.0 Å². The van der Waals surface area contributed by atoms with E-state index in [9.17, 15) is 5.11 Å². The Labute approximate surface area is 124 Å². The Balaban J connectivity index is 0.000000531. The molecule has 1 aliphatic heterocycles. The summed E-state index contributed by atoms with van der Waals surface area (Å²) in [5, 5.41) is 9.24. The van der Waals surface area contributed by atoms with E-state index in [1.807, 2.05) is 0 Å². The van der Waals surface area contributed by atoms with Crippen molar-refractivity contribution in [1.29, 1.82) is 0 Å². The zero-order valence-corrected chi connectivity index (χ0v) is 14.9. The molecule has 0 bridgehead atoms. The summed E-state index contributed by atoms with van der Waals surface area (Å²) in [5.74, 6) is 0.407. The van der Waals surface area contributed by atoms with Gasteiger partial charge in [0, 0.05) is 19.4 Å². The number of hydrogen-bond acceptors (Lipinski definition) is 3. The quantitative estimate of drug-likeness (QED) is 0.598. The zero-order chi connectivity index (χ0) is 12.9. The van der Waals surface area contributed by atoms with Gasteiger partial charge in [0.15, 0.2) is 5.79 Å². The molecule has 4 heteroatoms. The minimum absolute atomic E-state index is 0. The summed E-state index contributed by atoms with van der Waals surface area (Å²) in [7, 11) is 0. The van der Waals surface area contributed by atoms with Crippen LogP contribution in [0.2, 0.25) is 0 Å². The van der Waals surface area contributed by atoms with Gasteiger partial charge in [0.2, 0.25) is 0 Å². The molecular weight excluding hydrogens is 282 g/mol. The first kappa shape index (κ1) is 18.5. The van der Waals surface area contributed by atoms with Gasteiger partial charge in [0.25, 0.3) is 0 Å². The van der Waals surface area contributed by atoms with Gasteiger partial charge in [-0.1, -0.05) is 0 Å². The molecule has 3 rings (SSSR count). The fourth-order valence-electron chi connectivity index (χ4n) is 2.98. The van der Waals surface area contributed by atoms with Gasteiger partial charge in [0.1, 0.15) is 0 Å². The first-order chi connectivity index (χ1) is 8.29. The van der Waals surface area contributed by atoms with Crippen molar-refractivity contribution in [2.75, 3.05) is 19.8 Å². The van der Waals surface area contributed by atoms with E-state index in [2.05, 4.69) is 13.8 Å². The maximum absolute atomic E-state index is 9.24. The van der Waals surface area contributed by atoms with Crippen LogP contribution in [-0.4, -0.2) is 30.7 Å². The van der Waals surface area contributed by atoms with Crippen molar-refractivity contribution < 1.29 is 34.1 Å². The summed E-state index contributed by atoms with van der Waals surface area (Å²) < 4.78 is 11.3. The van der Waals surface area contributed by atoms with Gasteiger partial charge in [-0.3, -0.25) is 0 Å². The molecule has 2 unspecified atom stereocenters. The number of hydrogen-bond donors (Lipinski definition) is 1. The topological polar surface area (TPSA) is 38.7 Å². The van der Waals surface area contributed by atoms with Crippen LogP contribution in [0.3, 0.4) is 0 Å². The second kappa shape index (κ2) is 7.94. The Morgan fingerprint density at radius 3 is 2.06 bits per heavy atom. The predicted molar refractivity (Wildman–Crippen MR) is 68.2 cm³/mol. The van der Waals surface area contributed by atoms with Crippen molar-refractivity contribution >= 4 is 0 Å². The fraction of sp³-hybridized carbons (Fsp3) is 0.857. The van der Waals surface area contributed by atoms with Gasteiger partial charge in [-0.25, -0.2) is 0 Å². The summed E-state index contributed by atoms with van der Waals surface area (Å²) in [4.78, 5) is 0. The van der Waals surface area contributed by atoms with Gasteiger partial charge in [-0.2, -0.15) is 13.8 Å². The van der Waals surface area contributed by atoms with Crippen LogP contribution in [0.15, 0.2) is 0 Å². The molecule has 0 aromatic carbocycles. The second-order valence-corrected chi connectivity index (χ2v) is 4.73. The summed E-state index contributed by atoms with van der Waals surface area (Å²) in [5.41, 5.74) is 0.264. The molecule has 0 aromatic rings. The van der Waals surface area contributed by atoms with Crippen LogP contribution in [0.25, 0.3) is 0 Å². The number of aliphatic hydroxyl groups excluding tert-OH is 1. The van der Waals surface area contributed by atoms with Gasteiger partial charge in [0.05, 0.1) is 13.2 Å². The Morgan fingerprint density at radius 1 is 1.06 bits per heavy atom. The van der Waals surface area contributed by atoms with Gasteiger partial charge in [-0.05, 0) is 24.2 Å². The minimum Gasteiger partial charge on any atom is -0.396 e. The number of fused-ring (bicyclic) bond motifs is 1. The third-order valence-corrected chi connectivity index (χ3v) is 4.05. The SMILES string of the molecule is OCC12CCC3(CC1C2)OCCO3.[CH2-]C.[CH2-]C.[Zn+2]. The molecule has 1 heterocycles. The third-order valence-electron chi connectivity index (χ3n) is 4.05. The van der Waals surface area contributed by atoms with Crippen molar-refractivity contribution in [3.8, 4) is 0 Å². The first-order valence-corrected chi connectivity index (χ1v) is 6.59. The van der Waals surface area contributed by atoms with E-state index in [1.165, 1.54) is 6.42 Å². The Morgan fingerprint density at radius 2 is 1.61 bits per heavy atom. The molecule has 3 fully saturated rings. The molecule has 2 saturated carbocycles. The molecule has 1 spiro atoms. The molecule has 102 valence electrons. The molecule has 3 aliphatic rings. The summed E-state index contributed by atoms with van der Waals surface area (Å²) in [6, 6.07) is 0. The van der Waals surface area contributed by atoms with Crippen molar-refractivity contribution in [2.45, 2.75) is 45.3 Å². The Bertz CT molecular complexity index is 229. The smallest absolute Gasteiger partial charge is 0.396 e. The van der Waals surface area contributed by atoms with Crippen molar-refractivity contribution in [3.63, 3.8) is 0 Å². The first-order valence-electron chi connectivity index (χ1n) is 6.59. The summed E-state index contributed by atoms with van der Waals surface area (Å²) in [6.45, 7) is 11.9. The molecule has 2 aliphatic carbocycles. The van der Waals surface area contributed by atoms with Gasteiger partial charge >= 0.3 is 19.5 Å².